The Morgan fingerprint density at radius 3 is 2.41 bits per heavy atom. The largest absolute Gasteiger partial charge is 0.236 e. The van der Waals surface area contributed by atoms with E-state index in [2.05, 4.69) is 16.9 Å². The molecule has 1 fully saturated rings. The van der Waals surface area contributed by atoms with E-state index in [0.717, 1.165) is 36.0 Å². The van der Waals surface area contributed by atoms with Crippen LogP contribution in [0.3, 0.4) is 0 Å². The minimum absolute atomic E-state index is 0.436. The van der Waals surface area contributed by atoms with E-state index in [1.807, 2.05) is 12.4 Å². The number of aromatic nitrogens is 2. The molecular weight excluding hydrogens is 342 g/mol. The molecule has 2 nitrogen and oxygen atoms in total. The third-order valence-corrected chi connectivity index (χ3v) is 5.83. The van der Waals surface area contributed by atoms with Gasteiger partial charge in [0.15, 0.2) is 17.5 Å². The van der Waals surface area contributed by atoms with Crippen molar-refractivity contribution in [3.05, 3.63) is 47.8 Å². The second-order valence-electron chi connectivity index (χ2n) is 7.98. The summed E-state index contributed by atoms with van der Waals surface area (Å²) in [7, 11) is 0. The van der Waals surface area contributed by atoms with Crippen molar-refractivity contribution >= 4 is 0 Å². The Hall–Kier alpha value is -1.84. The molecule has 0 N–H and O–H groups in total. The predicted molar refractivity (Wildman–Crippen MR) is 105 cm³/mol. The number of benzene rings is 1. The minimum Gasteiger partial charge on any atom is -0.236 e. The zero-order valence-electron chi connectivity index (χ0n) is 16.3. The van der Waals surface area contributed by atoms with E-state index in [4.69, 9.17) is 0 Å². The summed E-state index contributed by atoms with van der Waals surface area (Å²) in [6, 6.07) is 3.77. The fourth-order valence-electron chi connectivity index (χ4n) is 4.25. The molecule has 4 heteroatoms. The van der Waals surface area contributed by atoms with Crippen molar-refractivity contribution in [2.24, 2.45) is 11.8 Å². The van der Waals surface area contributed by atoms with E-state index < -0.39 is 11.6 Å². The molecule has 1 aromatic carbocycles. The lowest BCUT2D eigenvalue weighted by atomic mass is 9.77. The summed E-state index contributed by atoms with van der Waals surface area (Å²) in [4.78, 5) is 8.70. The first-order valence-electron chi connectivity index (χ1n) is 10.4. The molecule has 0 radical (unpaired) electrons. The highest BCUT2D eigenvalue weighted by Gasteiger charge is 2.21. The Labute approximate surface area is 161 Å². The fourth-order valence-corrected chi connectivity index (χ4v) is 4.25. The van der Waals surface area contributed by atoms with Crippen molar-refractivity contribution in [3.63, 3.8) is 0 Å². The van der Waals surface area contributed by atoms with E-state index in [1.54, 1.807) is 0 Å². The molecule has 27 heavy (non-hydrogen) atoms. The lowest BCUT2D eigenvalue weighted by Gasteiger charge is -2.29. The van der Waals surface area contributed by atoms with E-state index in [-0.39, 0.29) is 0 Å². The SMILES string of the molecule is CCCCCC1CCCC(CCc2cnc(-c3ccc(F)c(F)c3)nc2)C1. The van der Waals surface area contributed by atoms with Crippen LogP contribution in [-0.2, 0) is 6.42 Å². The average Bonchev–Trinajstić information content (AvgIpc) is 2.69. The molecule has 0 spiro atoms. The van der Waals surface area contributed by atoms with Crippen LogP contribution >= 0.6 is 0 Å². The van der Waals surface area contributed by atoms with Gasteiger partial charge < -0.3 is 0 Å². The van der Waals surface area contributed by atoms with Gasteiger partial charge in [-0.3, -0.25) is 0 Å². The van der Waals surface area contributed by atoms with Crippen LogP contribution in [0.25, 0.3) is 11.4 Å². The highest BCUT2D eigenvalue weighted by Crippen LogP contribution is 2.34. The van der Waals surface area contributed by atoms with Gasteiger partial charge in [-0.2, -0.15) is 0 Å². The summed E-state index contributed by atoms with van der Waals surface area (Å²) in [5.74, 6) is 0.451. The van der Waals surface area contributed by atoms with Crippen molar-refractivity contribution < 1.29 is 8.78 Å². The van der Waals surface area contributed by atoms with Crippen LogP contribution in [-0.4, -0.2) is 9.97 Å². The standard InChI is InChI=1S/C23H30F2N2/c1-2-3-4-6-17-7-5-8-18(13-17)9-10-19-15-26-23(27-16-19)20-11-12-21(24)22(25)14-20/h11-12,14-18H,2-10,13H2,1H3. The summed E-state index contributed by atoms with van der Waals surface area (Å²) in [5, 5.41) is 0. The van der Waals surface area contributed by atoms with Crippen LogP contribution < -0.4 is 0 Å². The van der Waals surface area contributed by atoms with Crippen molar-refractivity contribution in [1.82, 2.24) is 9.97 Å². The van der Waals surface area contributed by atoms with Gasteiger partial charge in [0.05, 0.1) is 0 Å². The van der Waals surface area contributed by atoms with Crippen LogP contribution in [0.2, 0.25) is 0 Å². The summed E-state index contributed by atoms with van der Waals surface area (Å²) in [6.45, 7) is 2.27. The van der Waals surface area contributed by atoms with Gasteiger partial charge >= 0.3 is 0 Å². The fraction of sp³-hybridized carbons (Fsp3) is 0.565. The zero-order chi connectivity index (χ0) is 19.1. The Morgan fingerprint density at radius 1 is 0.963 bits per heavy atom. The molecule has 2 unspecified atom stereocenters. The third kappa shape index (κ3) is 5.82. The Balaban J connectivity index is 1.50. The summed E-state index contributed by atoms with van der Waals surface area (Å²) in [6.07, 6.45) is 16.8. The summed E-state index contributed by atoms with van der Waals surface area (Å²) >= 11 is 0. The first kappa shape index (κ1) is 19.9. The molecule has 0 amide bonds. The van der Waals surface area contributed by atoms with Crippen molar-refractivity contribution in [2.75, 3.05) is 0 Å². The lowest BCUT2D eigenvalue weighted by Crippen LogP contribution is -2.16. The number of unbranched alkanes of at least 4 members (excludes halogenated alkanes) is 2. The first-order chi connectivity index (χ1) is 13.2. The van der Waals surface area contributed by atoms with Crippen LogP contribution in [0.4, 0.5) is 8.78 Å². The predicted octanol–water partition coefficient (Wildman–Crippen LogP) is 6.74. The maximum Gasteiger partial charge on any atom is 0.159 e. The van der Waals surface area contributed by atoms with Gasteiger partial charge in [0.2, 0.25) is 0 Å². The van der Waals surface area contributed by atoms with Gasteiger partial charge in [0, 0.05) is 18.0 Å². The van der Waals surface area contributed by atoms with Gasteiger partial charge in [-0.1, -0.05) is 51.9 Å². The van der Waals surface area contributed by atoms with Crippen LogP contribution in [0, 0.1) is 23.5 Å². The number of aryl methyl sites for hydroxylation is 1. The zero-order valence-corrected chi connectivity index (χ0v) is 16.3. The van der Waals surface area contributed by atoms with Gasteiger partial charge in [-0.25, -0.2) is 18.7 Å². The molecule has 0 saturated heterocycles. The second kappa shape index (κ2) is 9.91. The van der Waals surface area contributed by atoms with E-state index >= 15 is 0 Å². The quantitative estimate of drug-likeness (QED) is 0.479. The maximum atomic E-state index is 13.4. The first-order valence-corrected chi connectivity index (χ1v) is 10.4. The topological polar surface area (TPSA) is 25.8 Å². The van der Waals surface area contributed by atoms with Crippen molar-refractivity contribution in [2.45, 2.75) is 71.1 Å². The molecule has 2 aromatic rings. The Kier molecular flexibility index (Phi) is 7.31. The average molecular weight is 373 g/mol. The summed E-state index contributed by atoms with van der Waals surface area (Å²) < 4.78 is 26.4. The van der Waals surface area contributed by atoms with Gasteiger partial charge in [-0.05, 0) is 54.9 Å². The molecule has 146 valence electrons. The highest BCUT2D eigenvalue weighted by atomic mass is 19.2. The molecular formula is C23H30F2N2. The molecule has 1 heterocycles. The smallest absolute Gasteiger partial charge is 0.159 e. The number of hydrogen-bond acceptors (Lipinski definition) is 2. The molecule has 0 bridgehead atoms. The van der Waals surface area contributed by atoms with Gasteiger partial charge in [0.1, 0.15) is 0 Å². The van der Waals surface area contributed by atoms with Gasteiger partial charge in [0.25, 0.3) is 0 Å². The number of halogens is 2. The number of hydrogen-bond donors (Lipinski definition) is 0. The molecule has 1 aromatic heterocycles. The van der Waals surface area contributed by atoms with Crippen molar-refractivity contribution in [3.8, 4) is 11.4 Å². The van der Waals surface area contributed by atoms with E-state index in [1.165, 1.54) is 63.9 Å². The van der Waals surface area contributed by atoms with Crippen molar-refractivity contribution in [1.29, 1.82) is 0 Å². The maximum absolute atomic E-state index is 13.4. The van der Waals surface area contributed by atoms with Crippen LogP contribution in [0.5, 0.6) is 0 Å². The Morgan fingerprint density at radius 2 is 1.70 bits per heavy atom. The lowest BCUT2D eigenvalue weighted by molar-refractivity contribution is 0.240. The Bertz CT molecular complexity index is 715. The molecule has 1 aliphatic rings. The minimum atomic E-state index is -0.869. The van der Waals surface area contributed by atoms with E-state index in [9.17, 15) is 8.78 Å². The highest BCUT2D eigenvalue weighted by molar-refractivity contribution is 5.54. The number of nitrogens with zero attached hydrogens (tertiary/aromatic N) is 2. The van der Waals surface area contributed by atoms with Crippen LogP contribution in [0.15, 0.2) is 30.6 Å². The molecule has 1 aliphatic carbocycles. The summed E-state index contributed by atoms with van der Waals surface area (Å²) in [5.41, 5.74) is 1.62. The van der Waals surface area contributed by atoms with Crippen LogP contribution in [0.1, 0.15) is 70.3 Å². The molecule has 2 atom stereocenters. The second-order valence-corrected chi connectivity index (χ2v) is 7.98. The monoisotopic (exact) mass is 372 g/mol. The third-order valence-electron chi connectivity index (χ3n) is 5.83. The molecule has 1 saturated carbocycles. The van der Waals surface area contributed by atoms with E-state index in [0.29, 0.717) is 11.4 Å². The molecule has 0 aliphatic heterocycles. The number of rotatable bonds is 8. The van der Waals surface area contributed by atoms with Gasteiger partial charge in [-0.15, -0.1) is 0 Å². The normalized spacial score (nSPS) is 20.0. The molecule has 3 rings (SSSR count).